The van der Waals surface area contributed by atoms with Crippen LogP contribution < -0.4 is 15.6 Å². The van der Waals surface area contributed by atoms with Gasteiger partial charge in [0.1, 0.15) is 5.00 Å². The van der Waals surface area contributed by atoms with E-state index in [1.165, 1.54) is 22.9 Å². The van der Waals surface area contributed by atoms with E-state index in [0.29, 0.717) is 30.1 Å². The smallest absolute Gasteiger partial charge is 0.426 e. The zero-order valence-corrected chi connectivity index (χ0v) is 15.7. The standard InChI is InChI=1S/C16H18N4O6S/c1-3-25-16(24)14-10-4-5-19(9(2)21)6-11(10)27-15(14)17-12(22)7-20-8-13(23)26-18-20/h8H,3-7H2,1-2H3,(H-,17,18,22,23,24)/p+1. The molecular formula is C16H19N4O6S+. The quantitative estimate of drug-likeness (QED) is 0.544. The van der Waals surface area contributed by atoms with Crippen LogP contribution in [0.3, 0.4) is 0 Å². The van der Waals surface area contributed by atoms with Crippen LogP contribution >= 0.6 is 11.3 Å². The van der Waals surface area contributed by atoms with E-state index in [-0.39, 0.29) is 19.1 Å². The molecule has 0 aromatic carbocycles. The lowest BCUT2D eigenvalue weighted by atomic mass is 10.0. The number of aromatic amines is 1. The van der Waals surface area contributed by atoms with Crippen LogP contribution in [0.5, 0.6) is 0 Å². The monoisotopic (exact) mass is 395 g/mol. The van der Waals surface area contributed by atoms with E-state index in [0.717, 1.165) is 16.6 Å². The number of ether oxygens (including phenoxy) is 1. The fourth-order valence-electron chi connectivity index (χ4n) is 2.86. The highest BCUT2D eigenvalue weighted by molar-refractivity contribution is 7.17. The second-order valence-corrected chi connectivity index (χ2v) is 7.04. The van der Waals surface area contributed by atoms with Gasteiger partial charge in [-0.1, -0.05) is 4.68 Å². The highest BCUT2D eigenvalue weighted by Crippen LogP contribution is 2.37. The number of H-pyrrole nitrogens is 1. The number of rotatable bonds is 5. The number of carbonyl (C=O) groups excluding carboxylic acids is 3. The Morgan fingerprint density at radius 2 is 2.22 bits per heavy atom. The van der Waals surface area contributed by atoms with E-state index in [4.69, 9.17) is 4.74 Å². The minimum Gasteiger partial charge on any atom is -0.462 e. The van der Waals surface area contributed by atoms with E-state index < -0.39 is 17.5 Å². The van der Waals surface area contributed by atoms with Gasteiger partial charge in [0.05, 0.1) is 18.7 Å². The van der Waals surface area contributed by atoms with Gasteiger partial charge in [-0.3, -0.25) is 14.1 Å². The SMILES string of the molecule is CCOC(=O)c1c(NC(=O)C[n+]2cc(=O)o[nH]2)sc2c1CCN(C(C)=O)C2. The van der Waals surface area contributed by atoms with Gasteiger partial charge in [-0.05, 0) is 24.2 Å². The number of nitrogens with one attached hydrogen (secondary N) is 2. The topological polar surface area (TPSA) is 126 Å². The summed E-state index contributed by atoms with van der Waals surface area (Å²) in [6.07, 6.45) is 1.62. The summed E-state index contributed by atoms with van der Waals surface area (Å²) in [5.41, 5.74) is 0.528. The van der Waals surface area contributed by atoms with Crippen LogP contribution in [0.2, 0.25) is 0 Å². The Balaban J connectivity index is 1.86. The molecule has 1 aliphatic heterocycles. The lowest BCUT2D eigenvalue weighted by Crippen LogP contribution is -2.41. The Hall–Kier alpha value is -2.95. The molecule has 144 valence electrons. The Kier molecular flexibility index (Phi) is 5.40. The van der Waals surface area contributed by atoms with Gasteiger partial charge >= 0.3 is 11.6 Å². The van der Waals surface area contributed by atoms with Gasteiger partial charge in [0.2, 0.25) is 5.91 Å². The van der Waals surface area contributed by atoms with Crippen molar-refractivity contribution in [3.63, 3.8) is 0 Å². The molecule has 2 N–H and O–H groups in total. The molecule has 0 fully saturated rings. The first-order valence-corrected chi connectivity index (χ1v) is 9.15. The van der Waals surface area contributed by atoms with E-state index >= 15 is 0 Å². The molecule has 0 aliphatic carbocycles. The predicted octanol–water partition coefficient (Wildman–Crippen LogP) is 0.0369. The number of hydrogen-bond acceptors (Lipinski definition) is 7. The molecule has 3 heterocycles. The second kappa shape index (κ2) is 7.74. The molecule has 27 heavy (non-hydrogen) atoms. The molecule has 2 aromatic heterocycles. The molecule has 0 spiro atoms. The average Bonchev–Trinajstić information content (AvgIpc) is 3.16. The number of thiophene rings is 1. The third-order valence-corrected chi connectivity index (χ3v) is 5.21. The fraction of sp³-hybridized carbons (Fsp3) is 0.438. The minimum absolute atomic E-state index is 0.0439. The third kappa shape index (κ3) is 4.08. The normalized spacial score (nSPS) is 13.2. The van der Waals surface area contributed by atoms with Crippen LogP contribution in [0.15, 0.2) is 15.5 Å². The summed E-state index contributed by atoms with van der Waals surface area (Å²) in [7, 11) is 0. The maximum absolute atomic E-state index is 12.4. The highest BCUT2D eigenvalue weighted by atomic mass is 32.1. The Morgan fingerprint density at radius 1 is 1.44 bits per heavy atom. The van der Waals surface area contributed by atoms with Gasteiger partial charge in [-0.15, -0.1) is 11.3 Å². The molecule has 11 heteroatoms. The summed E-state index contributed by atoms with van der Waals surface area (Å²) in [5, 5.41) is 5.36. The molecular weight excluding hydrogens is 376 g/mol. The first-order chi connectivity index (χ1) is 12.9. The maximum Gasteiger partial charge on any atom is 0.426 e. The number of aromatic nitrogens is 2. The van der Waals surface area contributed by atoms with Crippen molar-refractivity contribution in [2.45, 2.75) is 33.4 Å². The number of esters is 1. The number of anilines is 1. The van der Waals surface area contributed by atoms with Crippen LogP contribution in [-0.4, -0.2) is 41.1 Å². The van der Waals surface area contributed by atoms with E-state index in [1.54, 1.807) is 11.8 Å². The average molecular weight is 395 g/mol. The van der Waals surface area contributed by atoms with Gasteiger partial charge in [0, 0.05) is 18.3 Å². The summed E-state index contributed by atoms with van der Waals surface area (Å²) in [6, 6.07) is 0. The second-order valence-electron chi connectivity index (χ2n) is 5.94. The van der Waals surface area contributed by atoms with Crippen LogP contribution in [0, 0.1) is 0 Å². The van der Waals surface area contributed by atoms with Crippen molar-refractivity contribution in [2.24, 2.45) is 0 Å². The Labute approximate surface area is 157 Å². The molecule has 0 unspecified atom stereocenters. The fourth-order valence-corrected chi connectivity index (χ4v) is 4.13. The van der Waals surface area contributed by atoms with Crippen LogP contribution in [0.25, 0.3) is 0 Å². The molecule has 0 radical (unpaired) electrons. The van der Waals surface area contributed by atoms with E-state index in [9.17, 15) is 19.2 Å². The van der Waals surface area contributed by atoms with Gasteiger partial charge in [-0.2, -0.15) is 0 Å². The zero-order chi connectivity index (χ0) is 19.6. The van der Waals surface area contributed by atoms with Crippen LogP contribution in [0.4, 0.5) is 5.00 Å². The molecule has 3 rings (SSSR count). The van der Waals surface area contributed by atoms with Gasteiger partial charge in [0.25, 0.3) is 18.6 Å². The molecule has 0 bridgehead atoms. The number of hydrogen-bond donors (Lipinski definition) is 2. The number of nitrogens with zero attached hydrogens (tertiary/aromatic N) is 2. The van der Waals surface area contributed by atoms with Crippen molar-refractivity contribution in [1.29, 1.82) is 0 Å². The first-order valence-electron chi connectivity index (χ1n) is 8.34. The third-order valence-electron chi connectivity index (χ3n) is 4.07. The molecule has 2 amide bonds. The van der Waals surface area contributed by atoms with Crippen molar-refractivity contribution < 1.29 is 28.3 Å². The molecule has 0 atom stereocenters. The Bertz CT molecular complexity index is 943. The van der Waals surface area contributed by atoms with Gasteiger partial charge in [-0.25, -0.2) is 9.59 Å². The maximum atomic E-state index is 12.4. The van der Waals surface area contributed by atoms with E-state index in [2.05, 4.69) is 15.1 Å². The summed E-state index contributed by atoms with van der Waals surface area (Å²) in [6.45, 7) is 4.12. The minimum atomic E-state index is -0.606. The summed E-state index contributed by atoms with van der Waals surface area (Å²) >= 11 is 1.25. The summed E-state index contributed by atoms with van der Waals surface area (Å²) < 4.78 is 10.8. The molecule has 2 aromatic rings. The van der Waals surface area contributed by atoms with Crippen molar-refractivity contribution in [3.05, 3.63) is 32.6 Å². The van der Waals surface area contributed by atoms with Crippen LogP contribution in [0.1, 0.15) is 34.6 Å². The summed E-state index contributed by atoms with van der Waals surface area (Å²) in [4.78, 5) is 49.9. The number of carbonyl (C=O) groups is 3. The van der Waals surface area contributed by atoms with Gasteiger partial charge in [0.15, 0.2) is 0 Å². The van der Waals surface area contributed by atoms with Crippen molar-refractivity contribution >= 4 is 34.1 Å². The largest absolute Gasteiger partial charge is 0.462 e. The number of fused-ring (bicyclic) bond motifs is 1. The predicted molar refractivity (Wildman–Crippen MR) is 93.2 cm³/mol. The van der Waals surface area contributed by atoms with Crippen LogP contribution in [-0.2, 0) is 33.8 Å². The van der Waals surface area contributed by atoms with E-state index in [1.807, 2.05) is 0 Å². The first kappa shape index (κ1) is 18.8. The van der Waals surface area contributed by atoms with Gasteiger partial charge < -0.3 is 15.0 Å². The van der Waals surface area contributed by atoms with Crippen molar-refractivity contribution in [2.75, 3.05) is 18.5 Å². The highest BCUT2D eigenvalue weighted by Gasteiger charge is 2.30. The summed E-state index contributed by atoms with van der Waals surface area (Å²) in [5.74, 6) is -0.992. The zero-order valence-electron chi connectivity index (χ0n) is 14.9. The molecule has 1 aliphatic rings. The molecule has 0 saturated heterocycles. The van der Waals surface area contributed by atoms with Crippen molar-refractivity contribution in [3.8, 4) is 0 Å². The lowest BCUT2D eigenvalue weighted by Gasteiger charge is -2.25. The Morgan fingerprint density at radius 3 is 2.85 bits per heavy atom. The lowest BCUT2D eigenvalue weighted by molar-refractivity contribution is -0.750. The molecule has 10 nitrogen and oxygen atoms in total. The molecule has 0 saturated carbocycles. The van der Waals surface area contributed by atoms with Crippen molar-refractivity contribution in [1.82, 2.24) is 10.2 Å². The number of amides is 2.